The highest BCUT2D eigenvalue weighted by Crippen LogP contribution is 2.08. The Bertz CT molecular complexity index is 211. The molecule has 1 N–H and O–H groups in total. The summed E-state index contributed by atoms with van der Waals surface area (Å²) in [5.74, 6) is 0. The molecule has 0 unspecified atom stereocenters. The monoisotopic (exact) mass is 198 g/mol. The van der Waals surface area contributed by atoms with Crippen molar-refractivity contribution < 1.29 is 0 Å². The Balaban J connectivity index is 2.35. The van der Waals surface area contributed by atoms with Gasteiger partial charge in [0.2, 0.25) is 0 Å². The molecule has 2 nitrogen and oxygen atoms in total. The molecule has 0 bridgehead atoms. The van der Waals surface area contributed by atoms with Gasteiger partial charge in [-0.05, 0) is 32.0 Å². The van der Waals surface area contributed by atoms with E-state index in [2.05, 4.69) is 30.1 Å². The van der Waals surface area contributed by atoms with Crippen LogP contribution in [-0.2, 0) is 0 Å². The van der Waals surface area contributed by atoms with Crippen LogP contribution in [-0.4, -0.2) is 29.6 Å². The van der Waals surface area contributed by atoms with Gasteiger partial charge in [0.05, 0.1) is 0 Å². The van der Waals surface area contributed by atoms with E-state index in [1.165, 1.54) is 5.57 Å². The second-order valence-electron chi connectivity index (χ2n) is 3.49. The van der Waals surface area contributed by atoms with Gasteiger partial charge >= 0.3 is 0 Å². The summed E-state index contributed by atoms with van der Waals surface area (Å²) in [6.45, 7) is 7.35. The smallest absolute Gasteiger partial charge is 0.169 e. The van der Waals surface area contributed by atoms with Crippen molar-refractivity contribution in [2.75, 3.05) is 19.6 Å². The van der Waals surface area contributed by atoms with Crippen molar-refractivity contribution in [3.05, 3.63) is 11.6 Å². The molecule has 3 heteroatoms. The van der Waals surface area contributed by atoms with Gasteiger partial charge in [-0.25, -0.2) is 0 Å². The third-order valence-corrected chi connectivity index (χ3v) is 2.55. The normalized spacial score (nSPS) is 16.8. The highest BCUT2D eigenvalue weighted by Gasteiger charge is 2.11. The number of hydrogen-bond donors (Lipinski definition) is 1. The van der Waals surface area contributed by atoms with Crippen molar-refractivity contribution in [1.82, 2.24) is 10.2 Å². The van der Waals surface area contributed by atoms with E-state index in [4.69, 9.17) is 12.2 Å². The van der Waals surface area contributed by atoms with Gasteiger partial charge in [0.1, 0.15) is 0 Å². The van der Waals surface area contributed by atoms with Crippen LogP contribution in [0.2, 0.25) is 0 Å². The second-order valence-corrected chi connectivity index (χ2v) is 3.88. The number of hydrogen-bond acceptors (Lipinski definition) is 1. The topological polar surface area (TPSA) is 15.3 Å². The zero-order valence-electron chi connectivity index (χ0n) is 8.47. The second kappa shape index (κ2) is 5.22. The van der Waals surface area contributed by atoms with Crippen LogP contribution < -0.4 is 5.32 Å². The van der Waals surface area contributed by atoms with E-state index >= 15 is 0 Å². The molecule has 0 saturated carbocycles. The summed E-state index contributed by atoms with van der Waals surface area (Å²) in [5.41, 5.74) is 1.42. The van der Waals surface area contributed by atoms with E-state index in [1.807, 2.05) is 0 Å². The van der Waals surface area contributed by atoms with Crippen LogP contribution in [0.4, 0.5) is 0 Å². The van der Waals surface area contributed by atoms with E-state index in [1.54, 1.807) is 0 Å². The minimum absolute atomic E-state index is 0.911. The van der Waals surface area contributed by atoms with Crippen molar-refractivity contribution in [3.63, 3.8) is 0 Å². The molecule has 0 aliphatic carbocycles. The molecule has 1 aliphatic heterocycles. The van der Waals surface area contributed by atoms with Crippen molar-refractivity contribution in [3.8, 4) is 0 Å². The molecule has 0 saturated heterocycles. The lowest BCUT2D eigenvalue weighted by molar-refractivity contribution is 0.432. The van der Waals surface area contributed by atoms with E-state index in [0.717, 1.165) is 37.6 Å². The molecule has 0 atom stereocenters. The van der Waals surface area contributed by atoms with Gasteiger partial charge in [0, 0.05) is 19.6 Å². The standard InChI is InChI=1S/C10H18N2S/c1-3-6-11-10(13)12-7-4-5-9(2)8-12/h5H,3-4,6-8H2,1-2H3,(H,11,13). The minimum Gasteiger partial charge on any atom is -0.363 e. The molecule has 1 rings (SSSR count). The summed E-state index contributed by atoms with van der Waals surface area (Å²) >= 11 is 5.28. The van der Waals surface area contributed by atoms with Crippen molar-refractivity contribution in [2.24, 2.45) is 0 Å². The molecule has 0 radical (unpaired) electrons. The Morgan fingerprint density at radius 1 is 1.69 bits per heavy atom. The minimum atomic E-state index is 0.911. The Hall–Kier alpha value is -0.570. The predicted octanol–water partition coefficient (Wildman–Crippen LogP) is 1.92. The summed E-state index contributed by atoms with van der Waals surface area (Å²) in [6.07, 6.45) is 4.54. The summed E-state index contributed by atoms with van der Waals surface area (Å²) in [7, 11) is 0. The molecule has 13 heavy (non-hydrogen) atoms. The van der Waals surface area contributed by atoms with Crippen LogP contribution in [0.15, 0.2) is 11.6 Å². The first-order chi connectivity index (χ1) is 6.24. The zero-order valence-corrected chi connectivity index (χ0v) is 9.28. The number of rotatable bonds is 2. The van der Waals surface area contributed by atoms with Crippen LogP contribution in [0.3, 0.4) is 0 Å². The molecule has 0 aromatic heterocycles. The molecule has 74 valence electrons. The maximum absolute atomic E-state index is 5.28. The zero-order chi connectivity index (χ0) is 9.68. The maximum Gasteiger partial charge on any atom is 0.169 e. The number of nitrogens with one attached hydrogen (secondary N) is 1. The first kappa shape index (κ1) is 10.5. The van der Waals surface area contributed by atoms with Gasteiger partial charge in [-0.1, -0.05) is 18.6 Å². The number of thiocarbonyl (C=S) groups is 1. The Morgan fingerprint density at radius 3 is 3.08 bits per heavy atom. The van der Waals surface area contributed by atoms with Crippen LogP contribution in [0.25, 0.3) is 0 Å². The third-order valence-electron chi connectivity index (χ3n) is 2.15. The first-order valence-corrected chi connectivity index (χ1v) is 5.33. The molecule has 1 aliphatic rings. The largest absolute Gasteiger partial charge is 0.363 e. The molecule has 0 amide bonds. The van der Waals surface area contributed by atoms with E-state index < -0.39 is 0 Å². The van der Waals surface area contributed by atoms with Gasteiger partial charge in [-0.3, -0.25) is 0 Å². The molecule has 0 aromatic rings. The highest BCUT2D eigenvalue weighted by atomic mass is 32.1. The molecule has 0 fully saturated rings. The molecular weight excluding hydrogens is 180 g/mol. The van der Waals surface area contributed by atoms with Crippen molar-refractivity contribution >= 4 is 17.3 Å². The average Bonchev–Trinajstić information content (AvgIpc) is 2.14. The fourth-order valence-electron chi connectivity index (χ4n) is 1.43. The lowest BCUT2D eigenvalue weighted by Gasteiger charge is -2.28. The van der Waals surface area contributed by atoms with Crippen LogP contribution in [0.1, 0.15) is 26.7 Å². The van der Waals surface area contributed by atoms with Crippen LogP contribution in [0, 0.1) is 0 Å². The van der Waals surface area contributed by atoms with Crippen LogP contribution in [0.5, 0.6) is 0 Å². The highest BCUT2D eigenvalue weighted by molar-refractivity contribution is 7.80. The van der Waals surface area contributed by atoms with Gasteiger partial charge in [0.15, 0.2) is 5.11 Å². The first-order valence-electron chi connectivity index (χ1n) is 4.92. The lowest BCUT2D eigenvalue weighted by atomic mass is 10.1. The average molecular weight is 198 g/mol. The summed E-state index contributed by atoms with van der Waals surface area (Å²) in [4.78, 5) is 2.24. The quantitative estimate of drug-likeness (QED) is 0.539. The third kappa shape index (κ3) is 3.35. The van der Waals surface area contributed by atoms with E-state index in [-0.39, 0.29) is 0 Å². The van der Waals surface area contributed by atoms with E-state index in [0.29, 0.717) is 0 Å². The fourth-order valence-corrected chi connectivity index (χ4v) is 1.69. The SMILES string of the molecule is CCCNC(=S)N1CCC=C(C)C1. The fraction of sp³-hybridized carbons (Fsp3) is 0.700. The molecule has 1 heterocycles. The molecule has 0 spiro atoms. The van der Waals surface area contributed by atoms with Crippen molar-refractivity contribution in [2.45, 2.75) is 26.7 Å². The van der Waals surface area contributed by atoms with E-state index in [9.17, 15) is 0 Å². The Labute approximate surface area is 86.0 Å². The molecular formula is C10H18N2S. The van der Waals surface area contributed by atoms with Gasteiger partial charge in [-0.15, -0.1) is 0 Å². The maximum atomic E-state index is 5.28. The summed E-state index contributed by atoms with van der Waals surface area (Å²) in [6, 6.07) is 0. The van der Waals surface area contributed by atoms with Crippen LogP contribution >= 0.6 is 12.2 Å². The predicted molar refractivity (Wildman–Crippen MR) is 60.8 cm³/mol. The Kier molecular flexibility index (Phi) is 4.22. The van der Waals surface area contributed by atoms with Crippen molar-refractivity contribution in [1.29, 1.82) is 0 Å². The lowest BCUT2D eigenvalue weighted by Crippen LogP contribution is -2.42. The molecule has 0 aromatic carbocycles. The van der Waals surface area contributed by atoms with Gasteiger partial charge < -0.3 is 10.2 Å². The van der Waals surface area contributed by atoms with Gasteiger partial charge in [0.25, 0.3) is 0 Å². The summed E-state index contributed by atoms with van der Waals surface area (Å²) < 4.78 is 0. The summed E-state index contributed by atoms with van der Waals surface area (Å²) in [5, 5.41) is 4.16. The number of nitrogens with zero attached hydrogens (tertiary/aromatic N) is 1. The Morgan fingerprint density at radius 2 is 2.46 bits per heavy atom. The van der Waals surface area contributed by atoms with Gasteiger partial charge in [-0.2, -0.15) is 0 Å².